The second-order valence-electron chi connectivity index (χ2n) is 6.62. The number of amides is 2. The number of hydrogen-bond donors (Lipinski definition) is 4. The summed E-state index contributed by atoms with van der Waals surface area (Å²) in [6.07, 6.45) is 1.60. The number of aliphatic hydroxyl groups is 1. The van der Waals surface area contributed by atoms with E-state index in [1.54, 1.807) is 7.11 Å². The van der Waals surface area contributed by atoms with Crippen LogP contribution in [-0.2, 0) is 0 Å². The number of hydrogen-bond acceptors (Lipinski definition) is 4. The van der Waals surface area contributed by atoms with Crippen molar-refractivity contribution in [2.45, 2.75) is 18.4 Å². The van der Waals surface area contributed by atoms with Gasteiger partial charge in [-0.15, -0.1) is 0 Å². The van der Waals surface area contributed by atoms with E-state index in [0.29, 0.717) is 18.7 Å². The lowest BCUT2D eigenvalue weighted by Crippen LogP contribution is -2.53. The Labute approximate surface area is 153 Å². The minimum absolute atomic E-state index is 0.232. The summed E-state index contributed by atoms with van der Waals surface area (Å²) >= 11 is 0. The van der Waals surface area contributed by atoms with Gasteiger partial charge in [0.15, 0.2) is 0 Å². The van der Waals surface area contributed by atoms with Crippen LogP contribution in [-0.4, -0.2) is 43.5 Å². The fraction of sp³-hybridized carbons (Fsp3) is 0.350. The number of ether oxygens (including phenoxy) is 1. The molecule has 4 N–H and O–H groups in total. The molecule has 1 saturated heterocycles. The highest BCUT2D eigenvalue weighted by molar-refractivity contribution is 5.89. The van der Waals surface area contributed by atoms with E-state index in [9.17, 15) is 9.90 Å². The van der Waals surface area contributed by atoms with E-state index in [-0.39, 0.29) is 12.6 Å². The molecule has 2 amide bonds. The summed E-state index contributed by atoms with van der Waals surface area (Å²) in [6, 6.07) is 15.1. The van der Waals surface area contributed by atoms with Crippen LogP contribution in [0.3, 0.4) is 0 Å². The zero-order valence-electron chi connectivity index (χ0n) is 14.9. The van der Waals surface area contributed by atoms with E-state index in [0.717, 1.165) is 29.8 Å². The van der Waals surface area contributed by atoms with Crippen molar-refractivity contribution >= 4 is 11.7 Å². The van der Waals surface area contributed by atoms with Crippen LogP contribution in [0.1, 0.15) is 12.8 Å². The van der Waals surface area contributed by atoms with Gasteiger partial charge >= 0.3 is 6.03 Å². The van der Waals surface area contributed by atoms with E-state index in [2.05, 4.69) is 16.0 Å². The molecule has 138 valence electrons. The quantitative estimate of drug-likeness (QED) is 0.664. The van der Waals surface area contributed by atoms with Gasteiger partial charge in [0.25, 0.3) is 0 Å². The third-order valence-electron chi connectivity index (χ3n) is 4.59. The standard InChI is InChI=1S/C20H25N3O3/c1-26-18-9-5-16(6-10-18)15-3-7-17(8-4-15)23-19(24)22-14-20(25)11-2-12-21-13-20/h3-10,21,25H,2,11-14H2,1H3,(H2,22,23,24). The zero-order chi connectivity index (χ0) is 18.4. The first-order valence-corrected chi connectivity index (χ1v) is 8.80. The van der Waals surface area contributed by atoms with Crippen LogP contribution in [0.4, 0.5) is 10.5 Å². The van der Waals surface area contributed by atoms with Crippen molar-refractivity contribution in [2.75, 3.05) is 32.1 Å². The number of benzene rings is 2. The molecule has 1 atom stereocenters. The molecule has 1 fully saturated rings. The summed E-state index contributed by atoms with van der Waals surface area (Å²) in [7, 11) is 1.64. The average Bonchev–Trinajstić information content (AvgIpc) is 2.68. The predicted octanol–water partition coefficient (Wildman–Crippen LogP) is 2.60. The number of carbonyl (C=O) groups excluding carboxylic acids is 1. The molecule has 0 saturated carbocycles. The third kappa shape index (κ3) is 4.74. The van der Waals surface area contributed by atoms with Gasteiger partial charge in [0.2, 0.25) is 0 Å². The minimum atomic E-state index is -0.867. The summed E-state index contributed by atoms with van der Waals surface area (Å²) in [5, 5.41) is 19.1. The summed E-state index contributed by atoms with van der Waals surface area (Å²) in [6.45, 7) is 1.65. The normalized spacial score (nSPS) is 19.6. The van der Waals surface area contributed by atoms with Crippen LogP contribution < -0.4 is 20.7 Å². The van der Waals surface area contributed by atoms with Crippen LogP contribution in [0.25, 0.3) is 11.1 Å². The Balaban J connectivity index is 1.54. The molecule has 6 heteroatoms. The topological polar surface area (TPSA) is 82.6 Å². The van der Waals surface area contributed by atoms with Gasteiger partial charge in [-0.2, -0.15) is 0 Å². The van der Waals surface area contributed by atoms with Gasteiger partial charge in [0.05, 0.1) is 12.7 Å². The van der Waals surface area contributed by atoms with Crippen molar-refractivity contribution in [1.82, 2.24) is 10.6 Å². The number of β-amino-alcohol motifs (C(OH)–C–C–N with tert-alkyl or cyclic N) is 1. The van der Waals surface area contributed by atoms with Crippen molar-refractivity contribution in [2.24, 2.45) is 0 Å². The molecular formula is C20H25N3O3. The van der Waals surface area contributed by atoms with Gasteiger partial charge in [-0.05, 0) is 54.8 Å². The first-order chi connectivity index (χ1) is 12.6. The summed E-state index contributed by atoms with van der Waals surface area (Å²) in [5.41, 5.74) is 1.97. The van der Waals surface area contributed by atoms with E-state index in [1.165, 1.54) is 0 Å². The molecule has 26 heavy (non-hydrogen) atoms. The van der Waals surface area contributed by atoms with Crippen molar-refractivity contribution in [3.8, 4) is 16.9 Å². The highest BCUT2D eigenvalue weighted by Crippen LogP contribution is 2.23. The molecule has 1 aliphatic heterocycles. The Kier molecular flexibility index (Phi) is 5.75. The molecule has 0 aliphatic carbocycles. The molecule has 0 spiro atoms. The molecule has 1 aliphatic rings. The number of anilines is 1. The van der Waals surface area contributed by atoms with Crippen LogP contribution in [0.5, 0.6) is 5.75 Å². The Hall–Kier alpha value is -2.57. The summed E-state index contributed by atoms with van der Waals surface area (Å²) in [5.74, 6) is 0.818. The zero-order valence-corrected chi connectivity index (χ0v) is 14.9. The van der Waals surface area contributed by atoms with E-state index >= 15 is 0 Å². The first-order valence-electron chi connectivity index (χ1n) is 8.80. The van der Waals surface area contributed by atoms with E-state index in [4.69, 9.17) is 4.74 Å². The van der Waals surface area contributed by atoms with Crippen LogP contribution in [0.15, 0.2) is 48.5 Å². The largest absolute Gasteiger partial charge is 0.497 e. The molecule has 2 aromatic carbocycles. The maximum absolute atomic E-state index is 12.1. The smallest absolute Gasteiger partial charge is 0.319 e. The lowest BCUT2D eigenvalue weighted by molar-refractivity contribution is 0.0198. The Bertz CT molecular complexity index is 723. The number of nitrogens with one attached hydrogen (secondary N) is 3. The average molecular weight is 355 g/mol. The Morgan fingerprint density at radius 3 is 2.38 bits per heavy atom. The van der Waals surface area contributed by atoms with Gasteiger partial charge in [-0.25, -0.2) is 4.79 Å². The molecule has 1 heterocycles. The fourth-order valence-electron chi connectivity index (χ4n) is 3.05. The van der Waals surface area contributed by atoms with Gasteiger partial charge < -0.3 is 25.8 Å². The van der Waals surface area contributed by atoms with Crippen molar-refractivity contribution in [3.05, 3.63) is 48.5 Å². The summed E-state index contributed by atoms with van der Waals surface area (Å²) < 4.78 is 5.17. The van der Waals surface area contributed by atoms with Crippen molar-refractivity contribution < 1.29 is 14.6 Å². The van der Waals surface area contributed by atoms with Crippen molar-refractivity contribution in [1.29, 1.82) is 0 Å². The number of carbonyl (C=O) groups is 1. The number of methoxy groups -OCH3 is 1. The summed E-state index contributed by atoms with van der Waals surface area (Å²) in [4.78, 5) is 12.1. The number of piperidine rings is 1. The maximum atomic E-state index is 12.1. The molecule has 0 aromatic heterocycles. The lowest BCUT2D eigenvalue weighted by Gasteiger charge is -2.32. The second-order valence-corrected chi connectivity index (χ2v) is 6.62. The Morgan fingerprint density at radius 2 is 1.81 bits per heavy atom. The first kappa shape index (κ1) is 18.2. The Morgan fingerprint density at radius 1 is 1.15 bits per heavy atom. The van der Waals surface area contributed by atoms with Gasteiger partial charge in [0, 0.05) is 18.8 Å². The van der Waals surface area contributed by atoms with Gasteiger partial charge in [0.1, 0.15) is 5.75 Å². The molecule has 0 bridgehead atoms. The lowest BCUT2D eigenvalue weighted by atomic mass is 9.94. The molecule has 3 rings (SSSR count). The van der Waals surface area contributed by atoms with Crippen LogP contribution >= 0.6 is 0 Å². The third-order valence-corrected chi connectivity index (χ3v) is 4.59. The van der Waals surface area contributed by atoms with E-state index < -0.39 is 5.60 Å². The van der Waals surface area contributed by atoms with Gasteiger partial charge in [-0.3, -0.25) is 0 Å². The molecule has 2 aromatic rings. The van der Waals surface area contributed by atoms with Crippen LogP contribution in [0, 0.1) is 0 Å². The van der Waals surface area contributed by atoms with Crippen molar-refractivity contribution in [3.63, 3.8) is 0 Å². The highest BCUT2D eigenvalue weighted by Gasteiger charge is 2.29. The monoisotopic (exact) mass is 355 g/mol. The molecule has 1 unspecified atom stereocenters. The maximum Gasteiger partial charge on any atom is 0.319 e. The van der Waals surface area contributed by atoms with Gasteiger partial charge in [-0.1, -0.05) is 24.3 Å². The number of rotatable bonds is 5. The van der Waals surface area contributed by atoms with E-state index in [1.807, 2.05) is 48.5 Å². The molecule has 6 nitrogen and oxygen atoms in total. The SMILES string of the molecule is COc1ccc(-c2ccc(NC(=O)NCC3(O)CCCNC3)cc2)cc1. The van der Waals surface area contributed by atoms with Crippen LogP contribution in [0.2, 0.25) is 0 Å². The predicted molar refractivity (Wildman–Crippen MR) is 103 cm³/mol. The number of urea groups is 1. The minimum Gasteiger partial charge on any atom is -0.497 e. The molecule has 0 radical (unpaired) electrons. The fourth-order valence-corrected chi connectivity index (χ4v) is 3.05. The molecular weight excluding hydrogens is 330 g/mol. The second kappa shape index (κ2) is 8.21. The highest BCUT2D eigenvalue weighted by atomic mass is 16.5.